The average Bonchev–Trinajstić information content (AvgIpc) is 3.34. The predicted octanol–water partition coefficient (Wildman–Crippen LogP) is 7.55. The van der Waals surface area contributed by atoms with Crippen LogP contribution in [0.4, 0.5) is 5.69 Å². The minimum atomic E-state index is 0.278. The number of nitrogens with zero attached hydrogens (tertiary/aromatic N) is 5. The van der Waals surface area contributed by atoms with Gasteiger partial charge >= 0.3 is 0 Å². The minimum Gasteiger partial charge on any atom is -0.375 e. The second kappa shape index (κ2) is 8.67. The van der Waals surface area contributed by atoms with Crippen LogP contribution < -0.4 is 4.90 Å². The van der Waals surface area contributed by atoms with Crippen molar-refractivity contribution in [1.29, 1.82) is 0 Å². The zero-order valence-corrected chi connectivity index (χ0v) is 25.1. The van der Waals surface area contributed by atoms with Crippen molar-refractivity contribution in [2.24, 2.45) is 42.6 Å². The lowest BCUT2D eigenvalue weighted by Gasteiger charge is -2.58. The summed E-state index contributed by atoms with van der Waals surface area (Å²) < 4.78 is 1.92. The summed E-state index contributed by atoms with van der Waals surface area (Å²) >= 11 is 0. The second-order valence-electron chi connectivity index (χ2n) is 15.9. The standard InChI is InChI=1S/C36H45N5/c1-40(2)30-21-41(3)39-33(30)28-5-4-6-29(13-28)34-37-31(35-15-22-7-23(16-35)9-24(8-22)17-35)14-32(38-34)36-18-25-10-26(19-36)12-27(11-25)20-36/h4-6,13-14,21-27H,7-12,15-20H2,1-3H3. The number of hydrogen-bond acceptors (Lipinski definition) is 4. The quantitative estimate of drug-likeness (QED) is 0.331. The Morgan fingerprint density at radius 2 is 1.15 bits per heavy atom. The fourth-order valence-electron chi connectivity index (χ4n) is 11.8. The van der Waals surface area contributed by atoms with E-state index in [1.165, 1.54) is 88.4 Å². The van der Waals surface area contributed by atoms with E-state index in [4.69, 9.17) is 15.1 Å². The highest BCUT2D eigenvalue weighted by atomic mass is 15.3. The van der Waals surface area contributed by atoms with Gasteiger partial charge in [-0.05, 0) is 125 Å². The maximum absolute atomic E-state index is 5.57. The third kappa shape index (κ3) is 3.89. The Labute approximate surface area is 245 Å². The second-order valence-corrected chi connectivity index (χ2v) is 15.9. The summed E-state index contributed by atoms with van der Waals surface area (Å²) in [6.07, 6.45) is 19.1. The molecule has 0 unspecified atom stereocenters. The summed E-state index contributed by atoms with van der Waals surface area (Å²) in [6, 6.07) is 11.5. The Kier molecular flexibility index (Phi) is 5.26. The van der Waals surface area contributed by atoms with E-state index < -0.39 is 0 Å². The van der Waals surface area contributed by atoms with Gasteiger partial charge in [-0.2, -0.15) is 5.10 Å². The molecule has 0 spiro atoms. The van der Waals surface area contributed by atoms with Gasteiger partial charge in [0.2, 0.25) is 0 Å². The lowest BCUT2D eigenvalue weighted by atomic mass is 9.47. The number of anilines is 1. The van der Waals surface area contributed by atoms with E-state index in [2.05, 4.69) is 55.5 Å². The zero-order valence-electron chi connectivity index (χ0n) is 25.1. The molecule has 1 aromatic carbocycles. The zero-order chi connectivity index (χ0) is 27.5. The Hall–Kier alpha value is -2.69. The van der Waals surface area contributed by atoms with E-state index in [1.807, 2.05) is 11.7 Å². The van der Waals surface area contributed by atoms with Gasteiger partial charge in [0.15, 0.2) is 5.82 Å². The summed E-state index contributed by atoms with van der Waals surface area (Å²) in [4.78, 5) is 13.3. The molecule has 8 aliphatic carbocycles. The van der Waals surface area contributed by atoms with Crippen molar-refractivity contribution in [3.8, 4) is 22.6 Å². The molecule has 2 aromatic heterocycles. The van der Waals surface area contributed by atoms with Gasteiger partial charge in [-0.3, -0.25) is 4.68 Å². The van der Waals surface area contributed by atoms with Crippen molar-refractivity contribution < 1.29 is 0 Å². The number of aromatic nitrogens is 4. The van der Waals surface area contributed by atoms with E-state index in [0.717, 1.165) is 63.8 Å². The smallest absolute Gasteiger partial charge is 0.159 e. The third-order valence-corrected chi connectivity index (χ3v) is 12.6. The predicted molar refractivity (Wildman–Crippen MR) is 164 cm³/mol. The molecule has 214 valence electrons. The SMILES string of the molecule is CN(C)c1cn(C)nc1-c1cccc(-c2nc(C34CC5CC(CC(C5)C3)C4)cc(C34CC5CC(CC(C5)C3)C4)n2)c1. The van der Waals surface area contributed by atoms with Crippen LogP contribution >= 0.6 is 0 Å². The molecule has 0 amide bonds. The van der Waals surface area contributed by atoms with Gasteiger partial charge in [0.25, 0.3) is 0 Å². The summed E-state index contributed by atoms with van der Waals surface area (Å²) in [5.41, 5.74) is 7.83. The molecule has 5 nitrogen and oxygen atoms in total. The van der Waals surface area contributed by atoms with Crippen molar-refractivity contribution in [2.75, 3.05) is 19.0 Å². The number of benzene rings is 1. The minimum absolute atomic E-state index is 0.278. The molecular weight excluding hydrogens is 502 g/mol. The van der Waals surface area contributed by atoms with Crippen LogP contribution in [-0.2, 0) is 17.9 Å². The maximum atomic E-state index is 5.57. The van der Waals surface area contributed by atoms with Crippen molar-refractivity contribution in [3.05, 3.63) is 47.9 Å². The summed E-state index contributed by atoms with van der Waals surface area (Å²) in [5, 5.41) is 4.86. The van der Waals surface area contributed by atoms with Crippen LogP contribution in [0.3, 0.4) is 0 Å². The Bertz CT molecular complexity index is 1380. The van der Waals surface area contributed by atoms with Gasteiger partial charge in [0, 0.05) is 49.3 Å². The highest BCUT2D eigenvalue weighted by Gasteiger charge is 2.55. The molecule has 8 fully saturated rings. The Balaban J connectivity index is 1.19. The molecule has 8 aliphatic rings. The van der Waals surface area contributed by atoms with Crippen molar-refractivity contribution in [3.63, 3.8) is 0 Å². The normalized spacial score (nSPS) is 38.1. The molecule has 3 aromatic rings. The van der Waals surface area contributed by atoms with Crippen molar-refractivity contribution in [2.45, 2.75) is 87.9 Å². The molecule has 2 heterocycles. The molecule has 11 rings (SSSR count). The fraction of sp³-hybridized carbons (Fsp3) is 0.639. The monoisotopic (exact) mass is 547 g/mol. The van der Waals surface area contributed by atoms with Crippen LogP contribution in [0.1, 0.15) is 88.4 Å². The molecule has 0 N–H and O–H groups in total. The van der Waals surface area contributed by atoms with E-state index in [1.54, 1.807) is 0 Å². The summed E-state index contributed by atoms with van der Waals surface area (Å²) in [7, 11) is 6.20. The first-order chi connectivity index (χ1) is 19.8. The van der Waals surface area contributed by atoms with Gasteiger partial charge in [-0.1, -0.05) is 18.2 Å². The van der Waals surface area contributed by atoms with Gasteiger partial charge in [0.05, 0.1) is 17.1 Å². The molecular formula is C36H45N5. The van der Waals surface area contributed by atoms with Gasteiger partial charge < -0.3 is 4.90 Å². The number of rotatable bonds is 5. The maximum Gasteiger partial charge on any atom is 0.159 e. The summed E-state index contributed by atoms with van der Waals surface area (Å²) in [5.74, 6) is 6.46. The lowest BCUT2D eigenvalue weighted by Crippen LogP contribution is -2.50. The van der Waals surface area contributed by atoms with Crippen LogP contribution in [0.15, 0.2) is 36.5 Å². The van der Waals surface area contributed by atoms with E-state index >= 15 is 0 Å². The summed E-state index contributed by atoms with van der Waals surface area (Å²) in [6.45, 7) is 0. The van der Waals surface area contributed by atoms with Crippen LogP contribution in [0.2, 0.25) is 0 Å². The molecule has 0 atom stereocenters. The van der Waals surface area contributed by atoms with Crippen LogP contribution in [0.5, 0.6) is 0 Å². The molecule has 5 heteroatoms. The van der Waals surface area contributed by atoms with Gasteiger partial charge in [-0.15, -0.1) is 0 Å². The first kappa shape index (κ1) is 24.9. The van der Waals surface area contributed by atoms with Crippen LogP contribution in [0, 0.1) is 35.5 Å². The molecule has 0 saturated heterocycles. The average molecular weight is 548 g/mol. The van der Waals surface area contributed by atoms with Gasteiger partial charge in [0.1, 0.15) is 5.69 Å². The molecule has 8 bridgehead atoms. The number of aryl methyl sites for hydroxylation is 1. The highest BCUT2D eigenvalue weighted by Crippen LogP contribution is 2.63. The first-order valence-corrected chi connectivity index (χ1v) is 16.5. The van der Waals surface area contributed by atoms with Crippen molar-refractivity contribution in [1.82, 2.24) is 19.7 Å². The third-order valence-electron chi connectivity index (χ3n) is 12.6. The highest BCUT2D eigenvalue weighted by molar-refractivity contribution is 5.77. The van der Waals surface area contributed by atoms with E-state index in [-0.39, 0.29) is 10.8 Å². The van der Waals surface area contributed by atoms with E-state index in [9.17, 15) is 0 Å². The van der Waals surface area contributed by atoms with Gasteiger partial charge in [-0.25, -0.2) is 9.97 Å². The largest absolute Gasteiger partial charge is 0.375 e. The molecule has 0 radical (unpaired) electrons. The topological polar surface area (TPSA) is 46.8 Å². The van der Waals surface area contributed by atoms with Crippen LogP contribution in [-0.4, -0.2) is 33.8 Å². The first-order valence-electron chi connectivity index (χ1n) is 16.5. The molecule has 0 aliphatic heterocycles. The molecule has 41 heavy (non-hydrogen) atoms. The van der Waals surface area contributed by atoms with Crippen molar-refractivity contribution >= 4 is 5.69 Å². The lowest BCUT2D eigenvalue weighted by molar-refractivity contribution is -0.0110. The Morgan fingerprint density at radius 3 is 1.61 bits per heavy atom. The van der Waals surface area contributed by atoms with E-state index in [0.29, 0.717) is 0 Å². The molecule has 8 saturated carbocycles. The number of hydrogen-bond donors (Lipinski definition) is 0. The fourth-order valence-corrected chi connectivity index (χ4v) is 11.8. The Morgan fingerprint density at radius 1 is 0.683 bits per heavy atom. The van der Waals surface area contributed by atoms with Crippen LogP contribution in [0.25, 0.3) is 22.6 Å².